The summed E-state index contributed by atoms with van der Waals surface area (Å²) in [5.74, 6) is 0.876. The van der Waals surface area contributed by atoms with Gasteiger partial charge < -0.3 is 15.0 Å². The number of pyridine rings is 1. The highest BCUT2D eigenvalue weighted by atomic mass is 16.5. The van der Waals surface area contributed by atoms with Crippen LogP contribution in [-0.2, 0) is 4.74 Å². The lowest BCUT2D eigenvalue weighted by Gasteiger charge is -2.27. The van der Waals surface area contributed by atoms with E-state index in [1.54, 1.807) is 0 Å². The second-order valence-corrected chi connectivity index (χ2v) is 4.42. The summed E-state index contributed by atoms with van der Waals surface area (Å²) < 4.78 is 5.30. The van der Waals surface area contributed by atoms with Crippen molar-refractivity contribution in [3.63, 3.8) is 0 Å². The number of nitrogens with one attached hydrogen (secondary N) is 1. The number of ether oxygens (including phenoxy) is 1. The predicted molar refractivity (Wildman–Crippen MR) is 63.2 cm³/mol. The van der Waals surface area contributed by atoms with Gasteiger partial charge in [-0.2, -0.15) is 0 Å². The molecule has 1 saturated heterocycles. The molecular formula is C12H15N3O2. The molecule has 1 atom stereocenters. The number of carbonyl (C=O) groups excluding carboxylic acids is 1. The molecule has 1 amide bonds. The monoisotopic (exact) mass is 233 g/mol. The Hall–Kier alpha value is -1.62. The van der Waals surface area contributed by atoms with Gasteiger partial charge >= 0.3 is 0 Å². The number of aromatic nitrogens is 1. The Morgan fingerprint density at radius 1 is 1.47 bits per heavy atom. The molecule has 1 fully saturated rings. The van der Waals surface area contributed by atoms with Gasteiger partial charge in [0.25, 0.3) is 5.91 Å². The van der Waals surface area contributed by atoms with Crippen LogP contribution in [0.4, 0.5) is 5.82 Å². The summed E-state index contributed by atoms with van der Waals surface area (Å²) in [6.07, 6.45) is 1.81. The largest absolute Gasteiger partial charge is 0.378 e. The number of hydrogen-bond donors (Lipinski definition) is 1. The molecule has 1 N–H and O–H groups in total. The molecule has 0 unspecified atom stereocenters. The minimum Gasteiger partial charge on any atom is -0.378 e. The minimum atomic E-state index is 0.00408. The third-order valence-electron chi connectivity index (χ3n) is 3.31. The van der Waals surface area contributed by atoms with Crippen LogP contribution in [-0.4, -0.2) is 37.2 Å². The standard InChI is InChI=1S/C12H15N3O2/c1-8-10-7-13-11(6-9(10)12(16)14-8)15-2-4-17-5-3-15/h6-8H,2-5H2,1H3,(H,14,16)/t8-/m1/s1. The van der Waals surface area contributed by atoms with Crippen molar-refractivity contribution in [1.29, 1.82) is 0 Å². The summed E-state index contributed by atoms with van der Waals surface area (Å²) in [4.78, 5) is 18.3. The van der Waals surface area contributed by atoms with Crippen molar-refractivity contribution < 1.29 is 9.53 Å². The summed E-state index contributed by atoms with van der Waals surface area (Å²) in [7, 11) is 0. The topological polar surface area (TPSA) is 54.5 Å². The van der Waals surface area contributed by atoms with Gasteiger partial charge in [0.2, 0.25) is 0 Å². The fraction of sp³-hybridized carbons (Fsp3) is 0.500. The number of morpholine rings is 1. The van der Waals surface area contributed by atoms with Crippen molar-refractivity contribution in [3.8, 4) is 0 Å². The highest BCUT2D eigenvalue weighted by Crippen LogP contribution is 2.27. The van der Waals surface area contributed by atoms with Crippen molar-refractivity contribution in [2.45, 2.75) is 13.0 Å². The molecule has 5 nitrogen and oxygen atoms in total. The van der Waals surface area contributed by atoms with Gasteiger partial charge in [0.15, 0.2) is 0 Å². The Balaban J connectivity index is 1.93. The molecule has 17 heavy (non-hydrogen) atoms. The number of carbonyl (C=O) groups is 1. The lowest BCUT2D eigenvalue weighted by atomic mass is 10.1. The first kappa shape index (κ1) is 10.5. The first-order chi connectivity index (χ1) is 8.25. The molecule has 3 rings (SSSR count). The third-order valence-corrected chi connectivity index (χ3v) is 3.31. The van der Waals surface area contributed by atoms with Gasteiger partial charge in [-0.3, -0.25) is 4.79 Å². The normalized spacial score (nSPS) is 23.5. The van der Waals surface area contributed by atoms with E-state index < -0.39 is 0 Å². The molecular weight excluding hydrogens is 218 g/mol. The molecule has 0 radical (unpaired) electrons. The van der Waals surface area contributed by atoms with E-state index in [-0.39, 0.29) is 11.9 Å². The highest BCUT2D eigenvalue weighted by Gasteiger charge is 2.27. The molecule has 0 saturated carbocycles. The number of fused-ring (bicyclic) bond motifs is 1. The Morgan fingerprint density at radius 3 is 3.00 bits per heavy atom. The maximum atomic E-state index is 11.7. The summed E-state index contributed by atoms with van der Waals surface area (Å²) in [6, 6.07) is 1.96. The van der Waals surface area contributed by atoms with Gasteiger partial charge in [-0.25, -0.2) is 4.98 Å². The van der Waals surface area contributed by atoms with Crippen molar-refractivity contribution in [3.05, 3.63) is 23.4 Å². The quantitative estimate of drug-likeness (QED) is 0.776. The average Bonchev–Trinajstić information content (AvgIpc) is 2.66. The smallest absolute Gasteiger partial charge is 0.252 e. The second-order valence-electron chi connectivity index (χ2n) is 4.42. The molecule has 2 aliphatic heterocycles. The molecule has 2 aliphatic rings. The zero-order chi connectivity index (χ0) is 11.8. The average molecular weight is 233 g/mol. The van der Waals surface area contributed by atoms with Crippen molar-refractivity contribution in [1.82, 2.24) is 10.3 Å². The number of amides is 1. The van der Waals surface area contributed by atoms with Gasteiger partial charge in [-0.1, -0.05) is 0 Å². The fourth-order valence-corrected chi connectivity index (χ4v) is 2.31. The van der Waals surface area contributed by atoms with Crippen LogP contribution in [0.5, 0.6) is 0 Å². The van der Waals surface area contributed by atoms with Crippen LogP contribution in [0.25, 0.3) is 0 Å². The van der Waals surface area contributed by atoms with Crippen LogP contribution < -0.4 is 10.2 Å². The number of hydrogen-bond acceptors (Lipinski definition) is 4. The van der Waals surface area contributed by atoms with Crippen LogP contribution in [0.15, 0.2) is 12.3 Å². The van der Waals surface area contributed by atoms with E-state index in [2.05, 4.69) is 15.2 Å². The van der Waals surface area contributed by atoms with Crippen LogP contribution in [0.3, 0.4) is 0 Å². The maximum absolute atomic E-state index is 11.7. The molecule has 5 heteroatoms. The SMILES string of the molecule is C[C@H]1NC(=O)c2cc(N3CCOCC3)ncc21. The van der Waals surface area contributed by atoms with E-state index in [0.717, 1.165) is 43.2 Å². The van der Waals surface area contributed by atoms with E-state index >= 15 is 0 Å². The molecule has 0 aromatic carbocycles. The van der Waals surface area contributed by atoms with Crippen molar-refractivity contribution in [2.24, 2.45) is 0 Å². The maximum Gasteiger partial charge on any atom is 0.252 e. The highest BCUT2D eigenvalue weighted by molar-refractivity contribution is 5.99. The van der Waals surface area contributed by atoms with E-state index in [0.29, 0.717) is 0 Å². The predicted octanol–water partition coefficient (Wildman–Crippen LogP) is 0.723. The number of rotatable bonds is 1. The van der Waals surface area contributed by atoms with Crippen molar-refractivity contribution >= 4 is 11.7 Å². The van der Waals surface area contributed by atoms with E-state index in [1.807, 2.05) is 19.2 Å². The van der Waals surface area contributed by atoms with Crippen molar-refractivity contribution in [2.75, 3.05) is 31.2 Å². The van der Waals surface area contributed by atoms with Crippen LogP contribution in [0.1, 0.15) is 28.9 Å². The third kappa shape index (κ3) is 1.76. The van der Waals surface area contributed by atoms with Gasteiger partial charge in [0.1, 0.15) is 5.82 Å². The van der Waals surface area contributed by atoms with Crippen LogP contribution in [0, 0.1) is 0 Å². The number of anilines is 1. The summed E-state index contributed by atoms with van der Waals surface area (Å²) in [6.45, 7) is 5.09. The first-order valence-electron chi connectivity index (χ1n) is 5.89. The molecule has 1 aromatic heterocycles. The molecule has 0 bridgehead atoms. The van der Waals surface area contributed by atoms with E-state index in [1.165, 1.54) is 0 Å². The Bertz CT molecular complexity index is 455. The lowest BCUT2D eigenvalue weighted by Crippen LogP contribution is -2.36. The lowest BCUT2D eigenvalue weighted by molar-refractivity contribution is 0.0958. The Morgan fingerprint density at radius 2 is 2.24 bits per heavy atom. The molecule has 0 aliphatic carbocycles. The van der Waals surface area contributed by atoms with Crippen LogP contribution >= 0.6 is 0 Å². The summed E-state index contributed by atoms with van der Waals surface area (Å²) in [5, 5.41) is 2.89. The first-order valence-corrected chi connectivity index (χ1v) is 5.89. The van der Waals surface area contributed by atoms with E-state index in [9.17, 15) is 4.79 Å². The molecule has 90 valence electrons. The molecule has 0 spiro atoms. The Labute approximate surface area is 99.8 Å². The molecule has 1 aromatic rings. The van der Waals surface area contributed by atoms with E-state index in [4.69, 9.17) is 4.74 Å². The summed E-state index contributed by atoms with van der Waals surface area (Å²) in [5.41, 5.74) is 1.75. The number of nitrogens with zero attached hydrogens (tertiary/aromatic N) is 2. The molecule has 3 heterocycles. The Kier molecular flexibility index (Phi) is 2.48. The van der Waals surface area contributed by atoms with Gasteiger partial charge in [0.05, 0.1) is 19.3 Å². The second kappa shape index (κ2) is 4.00. The van der Waals surface area contributed by atoms with Crippen LogP contribution in [0.2, 0.25) is 0 Å². The fourth-order valence-electron chi connectivity index (χ4n) is 2.31. The zero-order valence-electron chi connectivity index (χ0n) is 9.77. The zero-order valence-corrected chi connectivity index (χ0v) is 9.77. The van der Waals surface area contributed by atoms with Gasteiger partial charge in [-0.15, -0.1) is 0 Å². The summed E-state index contributed by atoms with van der Waals surface area (Å²) >= 11 is 0. The van der Waals surface area contributed by atoms with Gasteiger partial charge in [0, 0.05) is 30.4 Å². The minimum absolute atomic E-state index is 0.00408. The van der Waals surface area contributed by atoms with Gasteiger partial charge in [-0.05, 0) is 13.0 Å².